The second-order valence-electron chi connectivity index (χ2n) is 5.39. The van der Waals surface area contributed by atoms with Gasteiger partial charge in [-0.2, -0.15) is 4.31 Å². The van der Waals surface area contributed by atoms with Crippen molar-refractivity contribution >= 4 is 59.2 Å². The summed E-state index contributed by atoms with van der Waals surface area (Å²) in [6.07, 6.45) is 0.335. The molecule has 0 radical (unpaired) electrons. The van der Waals surface area contributed by atoms with Crippen LogP contribution in [0.1, 0.15) is 20.3 Å². The van der Waals surface area contributed by atoms with Crippen molar-refractivity contribution in [1.82, 2.24) is 4.31 Å². The summed E-state index contributed by atoms with van der Waals surface area (Å²) in [4.78, 5) is 11.8. The van der Waals surface area contributed by atoms with Gasteiger partial charge in [-0.05, 0) is 50.3 Å². The van der Waals surface area contributed by atoms with Crippen molar-refractivity contribution in [2.75, 3.05) is 13.1 Å². The molecule has 0 aliphatic carbocycles. The molecule has 2 rings (SSSR count). The number of sulfonamides is 1. The standard InChI is InChI=1S/C12H15Br2NO4S2/c1-7(2)12(11(16)17)3-4-15(6-12)21(18,19)8-5-9(13)20-10(8)14/h5,7H,3-4,6H2,1-2H3,(H,16,17). The zero-order chi connectivity index (χ0) is 16.0. The van der Waals surface area contributed by atoms with Crippen LogP contribution in [0, 0.1) is 11.3 Å². The Morgan fingerprint density at radius 2 is 2.10 bits per heavy atom. The van der Waals surface area contributed by atoms with Crippen LogP contribution < -0.4 is 0 Å². The van der Waals surface area contributed by atoms with Crippen LogP contribution in [0.3, 0.4) is 0 Å². The smallest absolute Gasteiger partial charge is 0.311 e. The molecule has 0 bridgehead atoms. The lowest BCUT2D eigenvalue weighted by molar-refractivity contribution is -0.150. The zero-order valence-corrected chi connectivity index (χ0v) is 16.3. The predicted octanol–water partition coefficient (Wildman–Crippen LogP) is 3.39. The fourth-order valence-electron chi connectivity index (χ4n) is 2.54. The van der Waals surface area contributed by atoms with Crippen LogP contribution in [-0.4, -0.2) is 36.9 Å². The van der Waals surface area contributed by atoms with E-state index in [9.17, 15) is 18.3 Å². The summed E-state index contributed by atoms with van der Waals surface area (Å²) in [5.41, 5.74) is -1.01. The molecule has 9 heteroatoms. The summed E-state index contributed by atoms with van der Waals surface area (Å²) >= 11 is 7.80. The highest BCUT2D eigenvalue weighted by Crippen LogP contribution is 2.42. The van der Waals surface area contributed by atoms with Gasteiger partial charge in [0, 0.05) is 13.1 Å². The maximum atomic E-state index is 12.7. The van der Waals surface area contributed by atoms with E-state index in [0.29, 0.717) is 14.0 Å². The predicted molar refractivity (Wildman–Crippen MR) is 88.0 cm³/mol. The molecule has 1 aromatic rings. The molecule has 0 aromatic carbocycles. The lowest BCUT2D eigenvalue weighted by Gasteiger charge is -2.28. The third-order valence-corrected chi connectivity index (χ3v) is 8.64. The highest BCUT2D eigenvalue weighted by Gasteiger charge is 2.50. The molecule has 1 N–H and O–H groups in total. The van der Waals surface area contributed by atoms with Crippen molar-refractivity contribution in [3.05, 3.63) is 13.6 Å². The largest absolute Gasteiger partial charge is 0.481 e. The molecule has 1 aromatic heterocycles. The zero-order valence-electron chi connectivity index (χ0n) is 11.5. The molecule has 21 heavy (non-hydrogen) atoms. The van der Waals surface area contributed by atoms with E-state index < -0.39 is 21.4 Å². The Morgan fingerprint density at radius 1 is 1.48 bits per heavy atom. The number of nitrogens with zero attached hydrogens (tertiary/aromatic N) is 1. The Bertz CT molecular complexity index is 671. The number of carbonyl (C=O) groups is 1. The van der Waals surface area contributed by atoms with Crippen LogP contribution in [0.4, 0.5) is 0 Å². The first kappa shape index (κ1) is 17.4. The lowest BCUT2D eigenvalue weighted by Crippen LogP contribution is -2.40. The SMILES string of the molecule is CC(C)C1(C(=O)O)CCN(S(=O)(=O)c2cc(Br)sc2Br)C1. The molecule has 118 valence electrons. The monoisotopic (exact) mass is 459 g/mol. The number of hydrogen-bond acceptors (Lipinski definition) is 4. The quantitative estimate of drug-likeness (QED) is 0.747. The molecule has 0 spiro atoms. The van der Waals surface area contributed by atoms with Gasteiger partial charge in [0.2, 0.25) is 10.0 Å². The Kier molecular flexibility index (Phi) is 4.90. The van der Waals surface area contributed by atoms with Crippen molar-refractivity contribution in [2.24, 2.45) is 11.3 Å². The van der Waals surface area contributed by atoms with Crippen LogP contribution in [-0.2, 0) is 14.8 Å². The van der Waals surface area contributed by atoms with Crippen molar-refractivity contribution in [3.63, 3.8) is 0 Å². The molecule has 1 saturated heterocycles. The Labute approximate surface area is 144 Å². The molecule has 1 aliphatic rings. The minimum absolute atomic E-state index is 0.0161. The van der Waals surface area contributed by atoms with Crippen LogP contribution >= 0.6 is 43.2 Å². The molecular weight excluding hydrogens is 446 g/mol. The molecule has 1 atom stereocenters. The van der Waals surface area contributed by atoms with E-state index in [2.05, 4.69) is 31.9 Å². The van der Waals surface area contributed by atoms with Crippen LogP contribution in [0.15, 0.2) is 18.5 Å². The number of carboxylic acid groups (broad SMARTS) is 1. The number of thiophene rings is 1. The topological polar surface area (TPSA) is 74.7 Å². The average Bonchev–Trinajstić information content (AvgIpc) is 2.94. The molecule has 2 heterocycles. The lowest BCUT2D eigenvalue weighted by atomic mass is 9.77. The first-order valence-electron chi connectivity index (χ1n) is 6.29. The molecule has 0 saturated carbocycles. The Balaban J connectivity index is 2.37. The van der Waals surface area contributed by atoms with Crippen molar-refractivity contribution in [3.8, 4) is 0 Å². The highest BCUT2D eigenvalue weighted by atomic mass is 79.9. The van der Waals surface area contributed by atoms with Gasteiger partial charge in [0.15, 0.2) is 0 Å². The van der Waals surface area contributed by atoms with E-state index in [0.717, 1.165) is 0 Å². The maximum absolute atomic E-state index is 12.7. The number of carboxylic acids is 1. The highest BCUT2D eigenvalue weighted by molar-refractivity contribution is 9.12. The van der Waals surface area contributed by atoms with Gasteiger partial charge >= 0.3 is 5.97 Å². The van der Waals surface area contributed by atoms with Gasteiger partial charge in [-0.3, -0.25) is 4.79 Å². The summed E-state index contributed by atoms with van der Waals surface area (Å²) in [6, 6.07) is 1.54. The summed E-state index contributed by atoms with van der Waals surface area (Å²) in [5.74, 6) is -1.06. The third kappa shape index (κ3) is 2.95. The van der Waals surface area contributed by atoms with Gasteiger partial charge in [-0.1, -0.05) is 13.8 Å². The summed E-state index contributed by atoms with van der Waals surface area (Å²) in [7, 11) is -3.68. The normalized spacial score (nSPS) is 23.9. The maximum Gasteiger partial charge on any atom is 0.311 e. The Morgan fingerprint density at radius 3 is 2.48 bits per heavy atom. The first-order valence-corrected chi connectivity index (χ1v) is 10.1. The minimum Gasteiger partial charge on any atom is -0.481 e. The van der Waals surface area contributed by atoms with Gasteiger partial charge < -0.3 is 5.11 Å². The van der Waals surface area contributed by atoms with E-state index in [1.807, 2.05) is 13.8 Å². The second kappa shape index (κ2) is 5.92. The van der Waals surface area contributed by atoms with Gasteiger partial charge in [-0.15, -0.1) is 11.3 Å². The van der Waals surface area contributed by atoms with Crippen molar-refractivity contribution in [1.29, 1.82) is 0 Å². The van der Waals surface area contributed by atoms with Gasteiger partial charge in [0.25, 0.3) is 0 Å². The van der Waals surface area contributed by atoms with Crippen LogP contribution in [0.25, 0.3) is 0 Å². The molecule has 0 amide bonds. The number of hydrogen-bond donors (Lipinski definition) is 1. The molecular formula is C12H15Br2NO4S2. The minimum atomic E-state index is -3.68. The summed E-state index contributed by atoms with van der Waals surface area (Å²) < 4.78 is 27.9. The van der Waals surface area contributed by atoms with E-state index >= 15 is 0 Å². The van der Waals surface area contributed by atoms with Crippen LogP contribution in [0.2, 0.25) is 0 Å². The van der Waals surface area contributed by atoms with E-state index in [4.69, 9.17) is 0 Å². The number of rotatable bonds is 4. The summed E-state index contributed by atoms with van der Waals surface area (Å²) in [6.45, 7) is 3.89. The van der Waals surface area contributed by atoms with Gasteiger partial charge in [-0.25, -0.2) is 8.42 Å². The van der Waals surface area contributed by atoms with Gasteiger partial charge in [0.1, 0.15) is 4.90 Å². The summed E-state index contributed by atoms with van der Waals surface area (Å²) in [5, 5.41) is 9.51. The number of aliphatic carboxylic acids is 1. The first-order chi connectivity index (χ1) is 9.61. The molecule has 1 unspecified atom stereocenters. The third-order valence-electron chi connectivity index (χ3n) is 4.04. The fraction of sp³-hybridized carbons (Fsp3) is 0.583. The van der Waals surface area contributed by atoms with Crippen LogP contribution in [0.5, 0.6) is 0 Å². The fourth-order valence-corrected chi connectivity index (χ4v) is 7.81. The van der Waals surface area contributed by atoms with Crippen molar-refractivity contribution in [2.45, 2.75) is 25.2 Å². The molecule has 1 fully saturated rings. The van der Waals surface area contributed by atoms with E-state index in [1.165, 1.54) is 15.6 Å². The van der Waals surface area contributed by atoms with Gasteiger partial charge in [0.05, 0.1) is 13.0 Å². The second-order valence-corrected chi connectivity index (χ2v) is 11.0. The van der Waals surface area contributed by atoms with E-state index in [-0.39, 0.29) is 23.9 Å². The van der Waals surface area contributed by atoms with Crippen molar-refractivity contribution < 1.29 is 18.3 Å². The average molecular weight is 461 g/mol. The molecule has 5 nitrogen and oxygen atoms in total. The number of halogens is 2. The Hall–Kier alpha value is 0.0400. The molecule has 1 aliphatic heterocycles. The van der Waals surface area contributed by atoms with E-state index in [1.54, 1.807) is 6.07 Å².